The highest BCUT2D eigenvalue weighted by Crippen LogP contribution is 2.23. The fourth-order valence-electron chi connectivity index (χ4n) is 3.79. The lowest BCUT2D eigenvalue weighted by Gasteiger charge is -2.13. The standard InChI is InChI=1S/C19H22N4O3S/c1-12-15(7-8-18(24)21-14-9-10-27(25,26)11-14)13(2)23-19(20-12)16-5-3-4-6-17(16)22-23/h3-6,14H,7-11H2,1-2H3,(H,21,24). The third kappa shape index (κ3) is 3.41. The van der Waals surface area contributed by atoms with E-state index >= 15 is 0 Å². The number of hydrogen-bond donors (Lipinski definition) is 1. The largest absolute Gasteiger partial charge is 0.352 e. The third-order valence-corrected chi connectivity index (χ3v) is 6.99. The summed E-state index contributed by atoms with van der Waals surface area (Å²) in [5.41, 5.74) is 4.59. The first-order chi connectivity index (χ1) is 12.8. The summed E-state index contributed by atoms with van der Waals surface area (Å²) >= 11 is 0. The summed E-state index contributed by atoms with van der Waals surface area (Å²) in [5.74, 6) is 0.0787. The molecule has 0 aliphatic carbocycles. The SMILES string of the molecule is Cc1nc2c3ccccc3nn2c(C)c1CCC(=O)NC1CCS(=O)(=O)C1. The second kappa shape index (κ2) is 6.60. The molecule has 1 atom stereocenters. The maximum atomic E-state index is 12.3. The fraction of sp³-hybridized carbons (Fsp3) is 0.421. The second-order valence-corrected chi connectivity index (χ2v) is 9.41. The van der Waals surface area contributed by atoms with Crippen LogP contribution in [0, 0.1) is 13.8 Å². The molecule has 1 saturated heterocycles. The molecule has 2 aromatic heterocycles. The summed E-state index contributed by atoms with van der Waals surface area (Å²) in [4.78, 5) is 17.0. The average molecular weight is 386 g/mol. The van der Waals surface area contributed by atoms with Crippen LogP contribution in [0.5, 0.6) is 0 Å². The number of sulfone groups is 1. The molecular formula is C19H22N4O3S. The molecule has 0 radical (unpaired) electrons. The maximum Gasteiger partial charge on any atom is 0.220 e. The van der Waals surface area contributed by atoms with Crippen molar-refractivity contribution in [1.82, 2.24) is 19.9 Å². The molecular weight excluding hydrogens is 364 g/mol. The number of nitrogens with zero attached hydrogens (tertiary/aromatic N) is 3. The van der Waals surface area contributed by atoms with E-state index in [0.29, 0.717) is 19.3 Å². The molecule has 0 saturated carbocycles. The number of carbonyl (C=O) groups excluding carboxylic acids is 1. The Bertz CT molecular complexity index is 1150. The first kappa shape index (κ1) is 17.9. The lowest BCUT2D eigenvalue weighted by Crippen LogP contribution is -2.35. The van der Waals surface area contributed by atoms with E-state index < -0.39 is 9.84 Å². The third-order valence-electron chi connectivity index (χ3n) is 5.22. The summed E-state index contributed by atoms with van der Waals surface area (Å²) in [7, 11) is -3.00. The maximum absolute atomic E-state index is 12.3. The van der Waals surface area contributed by atoms with Gasteiger partial charge in [0.2, 0.25) is 5.91 Å². The average Bonchev–Trinajstić information content (AvgIpc) is 3.15. The van der Waals surface area contributed by atoms with Gasteiger partial charge in [0.25, 0.3) is 0 Å². The Morgan fingerprint density at radius 2 is 2.07 bits per heavy atom. The molecule has 4 rings (SSSR count). The van der Waals surface area contributed by atoms with E-state index in [1.165, 1.54) is 0 Å². The Morgan fingerprint density at radius 3 is 2.81 bits per heavy atom. The predicted octanol–water partition coefficient (Wildman–Crippen LogP) is 1.74. The molecule has 3 heterocycles. The van der Waals surface area contributed by atoms with Crippen LogP contribution in [0.25, 0.3) is 16.6 Å². The van der Waals surface area contributed by atoms with Gasteiger partial charge in [0.1, 0.15) is 0 Å². The van der Waals surface area contributed by atoms with Gasteiger partial charge >= 0.3 is 0 Å². The lowest BCUT2D eigenvalue weighted by atomic mass is 10.1. The zero-order chi connectivity index (χ0) is 19.2. The highest BCUT2D eigenvalue weighted by Gasteiger charge is 2.28. The van der Waals surface area contributed by atoms with Crippen LogP contribution >= 0.6 is 0 Å². The van der Waals surface area contributed by atoms with Gasteiger partial charge in [-0.1, -0.05) is 12.1 Å². The van der Waals surface area contributed by atoms with Gasteiger partial charge in [-0.15, -0.1) is 0 Å². The van der Waals surface area contributed by atoms with Crippen LogP contribution in [0.2, 0.25) is 0 Å². The minimum absolute atomic E-state index is 0.0458. The highest BCUT2D eigenvalue weighted by molar-refractivity contribution is 7.91. The van der Waals surface area contributed by atoms with Gasteiger partial charge in [-0.05, 0) is 44.4 Å². The van der Waals surface area contributed by atoms with E-state index in [2.05, 4.69) is 10.4 Å². The van der Waals surface area contributed by atoms with Crippen molar-refractivity contribution in [3.63, 3.8) is 0 Å². The molecule has 1 fully saturated rings. The zero-order valence-electron chi connectivity index (χ0n) is 15.4. The topological polar surface area (TPSA) is 93.4 Å². The fourth-order valence-corrected chi connectivity index (χ4v) is 5.46. The summed E-state index contributed by atoms with van der Waals surface area (Å²) in [5, 5.41) is 8.48. The number of amides is 1. The van der Waals surface area contributed by atoms with Crippen LogP contribution in [-0.2, 0) is 21.1 Å². The molecule has 1 amide bonds. The van der Waals surface area contributed by atoms with Crippen LogP contribution < -0.4 is 5.32 Å². The Kier molecular flexibility index (Phi) is 4.38. The van der Waals surface area contributed by atoms with Gasteiger partial charge in [-0.25, -0.2) is 17.9 Å². The molecule has 1 N–H and O–H groups in total. The number of nitrogens with one attached hydrogen (secondary N) is 1. The number of rotatable bonds is 4. The molecule has 1 unspecified atom stereocenters. The van der Waals surface area contributed by atoms with Crippen LogP contribution in [-0.4, -0.2) is 46.5 Å². The van der Waals surface area contributed by atoms with Gasteiger partial charge in [-0.2, -0.15) is 5.10 Å². The van der Waals surface area contributed by atoms with E-state index in [4.69, 9.17) is 4.98 Å². The minimum Gasteiger partial charge on any atom is -0.352 e. The van der Waals surface area contributed by atoms with Crippen molar-refractivity contribution in [2.45, 2.75) is 39.2 Å². The van der Waals surface area contributed by atoms with Gasteiger partial charge < -0.3 is 5.32 Å². The van der Waals surface area contributed by atoms with Crippen molar-refractivity contribution in [3.8, 4) is 0 Å². The molecule has 142 valence electrons. The number of fused-ring (bicyclic) bond motifs is 3. The van der Waals surface area contributed by atoms with Gasteiger partial charge in [-0.3, -0.25) is 4.79 Å². The first-order valence-corrected chi connectivity index (χ1v) is 10.9. The number of carbonyl (C=O) groups is 1. The number of benzene rings is 1. The predicted molar refractivity (Wildman–Crippen MR) is 103 cm³/mol. The monoisotopic (exact) mass is 386 g/mol. The van der Waals surface area contributed by atoms with Crippen LogP contribution in [0.15, 0.2) is 24.3 Å². The van der Waals surface area contributed by atoms with E-state index in [1.54, 1.807) is 0 Å². The molecule has 1 aliphatic heterocycles. The summed E-state index contributed by atoms with van der Waals surface area (Å²) in [6.45, 7) is 3.94. The van der Waals surface area contributed by atoms with Gasteiger partial charge in [0, 0.05) is 29.2 Å². The Balaban J connectivity index is 1.53. The Morgan fingerprint density at radius 1 is 1.30 bits per heavy atom. The minimum atomic E-state index is -3.00. The molecule has 0 spiro atoms. The van der Waals surface area contributed by atoms with E-state index in [9.17, 15) is 13.2 Å². The molecule has 27 heavy (non-hydrogen) atoms. The lowest BCUT2D eigenvalue weighted by molar-refractivity contribution is -0.121. The van der Waals surface area contributed by atoms with E-state index in [1.807, 2.05) is 42.6 Å². The van der Waals surface area contributed by atoms with Crippen molar-refractivity contribution in [2.75, 3.05) is 11.5 Å². The molecule has 0 bridgehead atoms. The Labute approximate surface area is 157 Å². The number of hydrogen-bond acceptors (Lipinski definition) is 5. The van der Waals surface area contributed by atoms with Crippen molar-refractivity contribution in [3.05, 3.63) is 41.2 Å². The van der Waals surface area contributed by atoms with Crippen molar-refractivity contribution in [2.24, 2.45) is 0 Å². The normalized spacial score (nSPS) is 19.0. The summed E-state index contributed by atoms with van der Waals surface area (Å²) in [6.07, 6.45) is 1.34. The van der Waals surface area contributed by atoms with Gasteiger partial charge in [0.05, 0.1) is 17.0 Å². The van der Waals surface area contributed by atoms with Crippen molar-refractivity contribution in [1.29, 1.82) is 0 Å². The van der Waals surface area contributed by atoms with E-state index in [-0.39, 0.29) is 23.5 Å². The number of aryl methyl sites for hydroxylation is 2. The van der Waals surface area contributed by atoms with E-state index in [0.717, 1.165) is 33.5 Å². The smallest absolute Gasteiger partial charge is 0.220 e. The number of aromatic nitrogens is 3. The summed E-state index contributed by atoms with van der Waals surface area (Å²) < 4.78 is 24.9. The second-order valence-electron chi connectivity index (χ2n) is 7.18. The van der Waals surface area contributed by atoms with Crippen LogP contribution in [0.1, 0.15) is 29.8 Å². The molecule has 3 aromatic rings. The highest BCUT2D eigenvalue weighted by atomic mass is 32.2. The van der Waals surface area contributed by atoms with Crippen molar-refractivity contribution >= 4 is 32.3 Å². The zero-order valence-corrected chi connectivity index (χ0v) is 16.2. The first-order valence-electron chi connectivity index (χ1n) is 9.07. The van der Waals surface area contributed by atoms with Crippen LogP contribution in [0.4, 0.5) is 0 Å². The van der Waals surface area contributed by atoms with Crippen molar-refractivity contribution < 1.29 is 13.2 Å². The molecule has 8 heteroatoms. The van der Waals surface area contributed by atoms with Crippen LogP contribution in [0.3, 0.4) is 0 Å². The summed E-state index contributed by atoms with van der Waals surface area (Å²) in [6, 6.07) is 7.62. The molecule has 7 nitrogen and oxygen atoms in total. The van der Waals surface area contributed by atoms with Gasteiger partial charge in [0.15, 0.2) is 15.5 Å². The molecule has 1 aromatic carbocycles. The molecule has 1 aliphatic rings. The Hall–Kier alpha value is -2.48. The quantitative estimate of drug-likeness (QED) is 0.737.